The lowest BCUT2D eigenvalue weighted by molar-refractivity contribution is -0.124. The van der Waals surface area contributed by atoms with Gasteiger partial charge in [-0.05, 0) is 25.6 Å². The van der Waals surface area contributed by atoms with Crippen LogP contribution in [0.4, 0.5) is 13.2 Å². The minimum atomic E-state index is -4.16. The van der Waals surface area contributed by atoms with Gasteiger partial charge in [0.05, 0.1) is 6.54 Å². The number of nitrogens with zero attached hydrogens (tertiary/aromatic N) is 1. The van der Waals surface area contributed by atoms with Crippen LogP contribution in [-0.2, 0) is 0 Å². The molecule has 1 aromatic carbocycles. The Bertz CT molecular complexity index is 396. The average molecular weight is 295 g/mol. The molecule has 0 amide bonds. The van der Waals surface area contributed by atoms with Crippen molar-refractivity contribution in [1.29, 1.82) is 0 Å². The maximum absolute atomic E-state index is 12.0. The minimum Gasteiger partial charge on any atom is -0.307 e. The van der Waals surface area contributed by atoms with E-state index in [1.54, 1.807) is 0 Å². The maximum Gasteiger partial charge on any atom is 0.401 e. The number of alkyl halides is 3. The third-order valence-corrected chi connectivity index (χ3v) is 3.33. The summed E-state index contributed by atoms with van der Waals surface area (Å²) in [4.78, 5) is 1.96. The first kappa shape index (κ1) is 16.3. The topological polar surface area (TPSA) is 15.3 Å². The molecule has 0 aromatic heterocycles. The van der Waals surface area contributed by atoms with Crippen molar-refractivity contribution < 1.29 is 13.2 Å². The Hall–Kier alpha value is -0.780. The number of likely N-dealkylation sites (N-methyl/N-ethyl adjacent to an activating group) is 1. The molecule has 0 saturated heterocycles. The van der Waals surface area contributed by atoms with Gasteiger partial charge in [0.2, 0.25) is 0 Å². The molecule has 108 valence electrons. The van der Waals surface area contributed by atoms with E-state index in [0.717, 1.165) is 5.56 Å². The van der Waals surface area contributed by atoms with Gasteiger partial charge in [-0.3, -0.25) is 4.90 Å². The van der Waals surface area contributed by atoms with Crippen molar-refractivity contribution in [1.82, 2.24) is 10.2 Å². The highest BCUT2D eigenvalue weighted by Gasteiger charge is 2.26. The van der Waals surface area contributed by atoms with E-state index in [-0.39, 0.29) is 12.6 Å². The van der Waals surface area contributed by atoms with Crippen molar-refractivity contribution in [3.8, 4) is 0 Å². The Morgan fingerprint density at radius 2 is 1.95 bits per heavy atom. The third-order valence-electron chi connectivity index (χ3n) is 2.98. The molecule has 0 saturated carbocycles. The molecule has 0 aliphatic carbocycles. The van der Waals surface area contributed by atoms with Gasteiger partial charge in [-0.25, -0.2) is 0 Å². The van der Waals surface area contributed by atoms with E-state index in [2.05, 4.69) is 5.32 Å². The van der Waals surface area contributed by atoms with E-state index in [1.807, 2.05) is 43.1 Å². The number of rotatable bonds is 6. The Balaban J connectivity index is 2.41. The second kappa shape index (κ2) is 7.12. The lowest BCUT2D eigenvalue weighted by Gasteiger charge is -2.26. The van der Waals surface area contributed by atoms with Crippen LogP contribution in [0.15, 0.2) is 24.3 Å². The molecule has 1 aromatic rings. The highest BCUT2D eigenvalue weighted by molar-refractivity contribution is 6.31. The standard InChI is InChI=1S/C13H18ClF3N2/c1-10(11-5-3-4-6-12(11)14)19(2)8-7-18-9-13(15,16)17/h3-6,10,18H,7-9H2,1-2H3. The number of nitrogens with one attached hydrogen (secondary N) is 1. The fourth-order valence-corrected chi connectivity index (χ4v) is 2.02. The first-order valence-electron chi connectivity index (χ1n) is 6.03. The second-order valence-electron chi connectivity index (χ2n) is 4.47. The maximum atomic E-state index is 12.0. The molecule has 0 spiro atoms. The summed E-state index contributed by atoms with van der Waals surface area (Å²) in [5.41, 5.74) is 0.975. The summed E-state index contributed by atoms with van der Waals surface area (Å²) in [5, 5.41) is 3.05. The number of hydrogen-bond acceptors (Lipinski definition) is 2. The van der Waals surface area contributed by atoms with E-state index >= 15 is 0 Å². The molecule has 0 radical (unpaired) electrons. The molecular weight excluding hydrogens is 277 g/mol. The monoisotopic (exact) mass is 294 g/mol. The van der Waals surface area contributed by atoms with Crippen LogP contribution in [0.25, 0.3) is 0 Å². The summed E-state index contributed by atoms with van der Waals surface area (Å²) in [6, 6.07) is 7.54. The Labute approximate surface area is 116 Å². The van der Waals surface area contributed by atoms with Crippen molar-refractivity contribution in [2.24, 2.45) is 0 Å². The lowest BCUT2D eigenvalue weighted by Crippen LogP contribution is -2.35. The smallest absolute Gasteiger partial charge is 0.307 e. The molecule has 0 bridgehead atoms. The van der Waals surface area contributed by atoms with Crippen molar-refractivity contribution in [2.75, 3.05) is 26.7 Å². The van der Waals surface area contributed by atoms with Gasteiger partial charge in [0.15, 0.2) is 0 Å². The summed E-state index contributed by atoms with van der Waals surface area (Å²) >= 11 is 6.09. The van der Waals surface area contributed by atoms with Crippen LogP contribution in [0.2, 0.25) is 5.02 Å². The summed E-state index contributed by atoms with van der Waals surface area (Å²) < 4.78 is 35.9. The molecule has 1 atom stereocenters. The summed E-state index contributed by atoms with van der Waals surface area (Å²) in [6.45, 7) is 1.82. The zero-order valence-corrected chi connectivity index (χ0v) is 11.7. The van der Waals surface area contributed by atoms with Crippen LogP contribution in [0, 0.1) is 0 Å². The SMILES string of the molecule is CC(c1ccccc1Cl)N(C)CCNCC(F)(F)F. The van der Waals surface area contributed by atoms with Crippen LogP contribution < -0.4 is 5.32 Å². The second-order valence-corrected chi connectivity index (χ2v) is 4.88. The summed E-state index contributed by atoms with van der Waals surface area (Å²) in [5.74, 6) is 0. The predicted molar refractivity (Wildman–Crippen MR) is 71.4 cm³/mol. The van der Waals surface area contributed by atoms with Crippen molar-refractivity contribution in [3.63, 3.8) is 0 Å². The number of hydrogen-bond donors (Lipinski definition) is 1. The van der Waals surface area contributed by atoms with Crippen LogP contribution in [0.3, 0.4) is 0 Å². The minimum absolute atomic E-state index is 0.0568. The van der Waals surface area contributed by atoms with E-state index in [1.165, 1.54) is 0 Å². The first-order chi connectivity index (χ1) is 8.81. The summed E-state index contributed by atoms with van der Waals surface area (Å²) in [6.07, 6.45) is -4.16. The predicted octanol–water partition coefficient (Wildman–Crippen LogP) is 3.48. The van der Waals surface area contributed by atoms with Crippen LogP contribution in [0.5, 0.6) is 0 Å². The van der Waals surface area contributed by atoms with Gasteiger partial charge in [-0.2, -0.15) is 13.2 Å². The quantitative estimate of drug-likeness (QED) is 0.808. The Morgan fingerprint density at radius 3 is 2.53 bits per heavy atom. The van der Waals surface area contributed by atoms with Crippen LogP contribution in [-0.4, -0.2) is 37.8 Å². The molecular formula is C13H18ClF3N2. The van der Waals surface area contributed by atoms with Gasteiger partial charge in [0, 0.05) is 24.2 Å². The molecule has 1 N–H and O–H groups in total. The highest BCUT2D eigenvalue weighted by atomic mass is 35.5. The van der Waals surface area contributed by atoms with Crippen molar-refractivity contribution in [2.45, 2.75) is 19.1 Å². The van der Waals surface area contributed by atoms with Gasteiger partial charge < -0.3 is 5.32 Å². The highest BCUT2D eigenvalue weighted by Crippen LogP contribution is 2.25. The zero-order chi connectivity index (χ0) is 14.5. The number of benzene rings is 1. The summed E-state index contributed by atoms with van der Waals surface area (Å²) in [7, 11) is 1.86. The van der Waals surface area contributed by atoms with Gasteiger partial charge in [0.25, 0.3) is 0 Å². The van der Waals surface area contributed by atoms with Gasteiger partial charge in [0.1, 0.15) is 0 Å². The lowest BCUT2D eigenvalue weighted by atomic mass is 10.1. The fraction of sp³-hybridized carbons (Fsp3) is 0.538. The molecule has 2 nitrogen and oxygen atoms in total. The van der Waals surface area contributed by atoms with E-state index in [0.29, 0.717) is 11.6 Å². The molecule has 0 aliphatic heterocycles. The Morgan fingerprint density at radius 1 is 1.32 bits per heavy atom. The Kier molecular flexibility index (Phi) is 6.10. The first-order valence-corrected chi connectivity index (χ1v) is 6.41. The normalized spacial score (nSPS) is 13.8. The third kappa shape index (κ3) is 5.80. The van der Waals surface area contributed by atoms with Gasteiger partial charge in [-0.1, -0.05) is 29.8 Å². The van der Waals surface area contributed by atoms with Gasteiger partial charge >= 0.3 is 6.18 Å². The van der Waals surface area contributed by atoms with Crippen LogP contribution >= 0.6 is 11.6 Å². The molecule has 6 heteroatoms. The van der Waals surface area contributed by atoms with Crippen molar-refractivity contribution >= 4 is 11.6 Å². The molecule has 1 rings (SSSR count). The number of halogens is 4. The molecule has 1 unspecified atom stereocenters. The molecule has 19 heavy (non-hydrogen) atoms. The van der Waals surface area contributed by atoms with Crippen molar-refractivity contribution in [3.05, 3.63) is 34.9 Å². The zero-order valence-electron chi connectivity index (χ0n) is 11.0. The fourth-order valence-electron chi connectivity index (χ4n) is 1.73. The largest absolute Gasteiger partial charge is 0.401 e. The molecule has 0 aliphatic rings. The molecule has 0 fully saturated rings. The van der Waals surface area contributed by atoms with E-state index in [9.17, 15) is 13.2 Å². The average Bonchev–Trinajstić information content (AvgIpc) is 2.33. The van der Waals surface area contributed by atoms with Crippen LogP contribution in [0.1, 0.15) is 18.5 Å². The van der Waals surface area contributed by atoms with E-state index < -0.39 is 12.7 Å². The van der Waals surface area contributed by atoms with Gasteiger partial charge in [-0.15, -0.1) is 0 Å². The molecule has 0 heterocycles. The van der Waals surface area contributed by atoms with E-state index in [4.69, 9.17) is 11.6 Å².